The van der Waals surface area contributed by atoms with E-state index in [0.717, 1.165) is 0 Å². The largest absolute Gasteiger partial charge is 0.449 e. The van der Waals surface area contributed by atoms with Crippen LogP contribution in [0, 0.1) is 22.0 Å². The van der Waals surface area contributed by atoms with Gasteiger partial charge in [-0.1, -0.05) is 6.92 Å². The van der Waals surface area contributed by atoms with Crippen molar-refractivity contribution in [3.8, 4) is 0 Å². The number of amides is 2. The van der Waals surface area contributed by atoms with Crippen LogP contribution in [0.3, 0.4) is 0 Å². The molecule has 0 bridgehead atoms. The molecule has 0 aromatic rings. The first-order valence-corrected chi connectivity index (χ1v) is 7.53. The Bertz CT molecular complexity index is 567. The maximum atomic E-state index is 11.7. The molecule has 3 fully saturated rings. The Labute approximate surface area is 131 Å². The average Bonchev–Trinajstić information content (AvgIpc) is 2.89. The summed E-state index contributed by atoms with van der Waals surface area (Å²) in [6, 6.07) is -2.33. The van der Waals surface area contributed by atoms with E-state index < -0.39 is 42.0 Å². The Hall–Kier alpha value is -2.23. The van der Waals surface area contributed by atoms with E-state index in [1.807, 2.05) is 0 Å². The molecule has 10 nitrogen and oxygen atoms in total. The number of hydrogen-bond donors (Lipinski definition) is 3. The summed E-state index contributed by atoms with van der Waals surface area (Å²) < 4.78 is 4.85. The van der Waals surface area contributed by atoms with Crippen LogP contribution in [0.2, 0.25) is 0 Å². The third-order valence-electron chi connectivity index (χ3n) is 5.10. The summed E-state index contributed by atoms with van der Waals surface area (Å²) in [5.41, 5.74) is 0. The molecule has 1 saturated carbocycles. The fraction of sp³-hybridized carbons (Fsp3) is 0.769. The fourth-order valence-electron chi connectivity index (χ4n) is 3.83. The number of hydrogen-bond acceptors (Lipinski definition) is 7. The Kier molecular flexibility index (Phi) is 3.92. The topological polar surface area (TPSA) is 140 Å². The Morgan fingerprint density at radius 3 is 2.57 bits per heavy atom. The van der Waals surface area contributed by atoms with E-state index in [9.17, 15) is 24.5 Å². The first kappa shape index (κ1) is 15.7. The van der Waals surface area contributed by atoms with Crippen LogP contribution in [0.1, 0.15) is 19.8 Å². The van der Waals surface area contributed by atoms with E-state index in [-0.39, 0.29) is 29.9 Å². The number of ether oxygens (including phenoxy) is 1. The van der Waals surface area contributed by atoms with Crippen molar-refractivity contribution in [2.75, 3.05) is 6.73 Å². The molecule has 3 N–H and O–H groups in total. The summed E-state index contributed by atoms with van der Waals surface area (Å²) in [6.45, 7) is 1.86. The fourth-order valence-corrected chi connectivity index (χ4v) is 3.83. The summed E-state index contributed by atoms with van der Waals surface area (Å²) in [5.74, 6) is -2.60. The second-order valence-corrected chi connectivity index (χ2v) is 6.29. The van der Waals surface area contributed by atoms with E-state index >= 15 is 0 Å². The standard InChI is InChI=1S/C13H18N4O6/c1-5-6(2-8-13(20)23-4-14-8)10-7(3-9(5)17(21)22)15-11(18)12(19)16-10/h5-10,14H,2-4H2,1H3,(H,15,18)(H,16,19). The van der Waals surface area contributed by atoms with E-state index in [0.29, 0.717) is 6.42 Å². The van der Waals surface area contributed by atoms with E-state index in [1.54, 1.807) is 6.92 Å². The number of fused-ring (bicyclic) bond motifs is 1. The van der Waals surface area contributed by atoms with Crippen molar-refractivity contribution in [2.24, 2.45) is 11.8 Å². The van der Waals surface area contributed by atoms with Gasteiger partial charge in [0.2, 0.25) is 6.04 Å². The minimum Gasteiger partial charge on any atom is -0.449 e. The van der Waals surface area contributed by atoms with Crippen LogP contribution in [0.15, 0.2) is 0 Å². The van der Waals surface area contributed by atoms with Crippen LogP contribution in [0.4, 0.5) is 0 Å². The zero-order valence-corrected chi connectivity index (χ0v) is 12.5. The number of nitro groups is 1. The van der Waals surface area contributed by atoms with Gasteiger partial charge in [-0.05, 0) is 12.3 Å². The van der Waals surface area contributed by atoms with Crippen molar-refractivity contribution in [1.82, 2.24) is 16.0 Å². The smallest absolute Gasteiger partial charge is 0.324 e. The summed E-state index contributed by atoms with van der Waals surface area (Å²) in [7, 11) is 0. The van der Waals surface area contributed by atoms with Crippen molar-refractivity contribution >= 4 is 17.8 Å². The number of rotatable bonds is 3. The van der Waals surface area contributed by atoms with Crippen LogP contribution >= 0.6 is 0 Å². The number of nitrogens with zero attached hydrogens (tertiary/aromatic N) is 1. The van der Waals surface area contributed by atoms with Gasteiger partial charge in [0, 0.05) is 17.3 Å². The van der Waals surface area contributed by atoms with Crippen molar-refractivity contribution in [3.63, 3.8) is 0 Å². The molecular formula is C13H18N4O6. The van der Waals surface area contributed by atoms with Crippen LogP contribution in [0.5, 0.6) is 0 Å². The van der Waals surface area contributed by atoms with Crippen LogP contribution in [-0.2, 0) is 19.1 Å². The van der Waals surface area contributed by atoms with Crippen LogP contribution < -0.4 is 16.0 Å². The number of piperazine rings is 1. The highest BCUT2D eigenvalue weighted by molar-refractivity contribution is 6.35. The summed E-state index contributed by atoms with van der Waals surface area (Å²) in [6.07, 6.45) is 0.464. The van der Waals surface area contributed by atoms with E-state index in [1.165, 1.54) is 0 Å². The number of carbonyl (C=O) groups excluding carboxylic acids is 3. The van der Waals surface area contributed by atoms with Gasteiger partial charge in [0.05, 0.1) is 12.1 Å². The Morgan fingerprint density at radius 2 is 1.96 bits per heavy atom. The third-order valence-corrected chi connectivity index (χ3v) is 5.10. The molecule has 0 spiro atoms. The average molecular weight is 326 g/mol. The number of esters is 1. The van der Waals surface area contributed by atoms with Crippen LogP contribution in [-0.4, -0.2) is 53.6 Å². The highest BCUT2D eigenvalue weighted by Crippen LogP contribution is 2.36. The summed E-state index contributed by atoms with van der Waals surface area (Å²) in [4.78, 5) is 45.8. The SMILES string of the molecule is CC1C(CC2NCOC2=O)C2NC(=O)C(=O)NC2CC1[N+](=O)[O-]. The molecule has 3 rings (SSSR count). The molecule has 23 heavy (non-hydrogen) atoms. The first-order valence-electron chi connectivity index (χ1n) is 7.53. The van der Waals surface area contributed by atoms with Gasteiger partial charge in [-0.3, -0.25) is 29.8 Å². The van der Waals surface area contributed by atoms with Crippen molar-refractivity contribution in [1.29, 1.82) is 0 Å². The number of carbonyl (C=O) groups is 3. The zero-order chi connectivity index (χ0) is 16.7. The molecule has 1 aliphatic carbocycles. The quantitative estimate of drug-likeness (QED) is 0.239. The predicted octanol–water partition coefficient (Wildman–Crippen LogP) is -1.87. The lowest BCUT2D eigenvalue weighted by atomic mass is 9.68. The van der Waals surface area contributed by atoms with E-state index in [2.05, 4.69) is 16.0 Å². The Balaban J connectivity index is 1.85. The lowest BCUT2D eigenvalue weighted by Gasteiger charge is -2.45. The van der Waals surface area contributed by atoms with Crippen molar-refractivity contribution < 1.29 is 24.0 Å². The van der Waals surface area contributed by atoms with Crippen molar-refractivity contribution in [3.05, 3.63) is 10.1 Å². The second-order valence-electron chi connectivity index (χ2n) is 6.29. The zero-order valence-electron chi connectivity index (χ0n) is 12.5. The molecule has 6 atom stereocenters. The second kappa shape index (κ2) is 5.76. The maximum absolute atomic E-state index is 11.7. The molecule has 2 aliphatic heterocycles. The molecule has 10 heteroatoms. The lowest BCUT2D eigenvalue weighted by Crippen LogP contribution is -2.69. The van der Waals surface area contributed by atoms with Gasteiger partial charge in [0.1, 0.15) is 12.8 Å². The van der Waals surface area contributed by atoms with Crippen LogP contribution in [0.25, 0.3) is 0 Å². The minimum absolute atomic E-state index is 0.112. The van der Waals surface area contributed by atoms with Gasteiger partial charge >= 0.3 is 17.8 Å². The van der Waals surface area contributed by atoms with Gasteiger partial charge in [-0.25, -0.2) is 0 Å². The molecular weight excluding hydrogens is 308 g/mol. The lowest BCUT2D eigenvalue weighted by molar-refractivity contribution is -0.538. The summed E-state index contributed by atoms with van der Waals surface area (Å²) in [5, 5.41) is 19.4. The molecule has 0 radical (unpaired) electrons. The number of nitrogens with one attached hydrogen (secondary N) is 3. The predicted molar refractivity (Wildman–Crippen MR) is 74.4 cm³/mol. The highest BCUT2D eigenvalue weighted by Gasteiger charge is 2.52. The first-order chi connectivity index (χ1) is 10.9. The minimum atomic E-state index is -0.839. The molecule has 126 valence electrons. The molecule has 2 amide bonds. The van der Waals surface area contributed by atoms with Gasteiger partial charge in [0.15, 0.2) is 0 Å². The van der Waals surface area contributed by atoms with Crippen molar-refractivity contribution in [2.45, 2.75) is 43.9 Å². The molecule has 6 unspecified atom stereocenters. The monoisotopic (exact) mass is 326 g/mol. The van der Waals surface area contributed by atoms with Gasteiger partial charge < -0.3 is 15.4 Å². The van der Waals surface area contributed by atoms with Gasteiger partial charge in [-0.2, -0.15) is 0 Å². The Morgan fingerprint density at radius 1 is 1.26 bits per heavy atom. The van der Waals surface area contributed by atoms with E-state index in [4.69, 9.17) is 4.74 Å². The number of cyclic esters (lactones) is 1. The summed E-state index contributed by atoms with van der Waals surface area (Å²) >= 11 is 0. The highest BCUT2D eigenvalue weighted by atomic mass is 16.6. The normalized spacial score (nSPS) is 40.0. The molecule has 2 saturated heterocycles. The molecule has 0 aromatic heterocycles. The van der Waals surface area contributed by atoms with Gasteiger partial charge in [-0.15, -0.1) is 0 Å². The third kappa shape index (κ3) is 2.74. The van der Waals surface area contributed by atoms with Gasteiger partial charge in [0.25, 0.3) is 0 Å². The maximum Gasteiger partial charge on any atom is 0.324 e. The molecule has 2 heterocycles. The molecule has 3 aliphatic rings. The molecule has 0 aromatic carbocycles.